The number of amides is 1. The minimum atomic E-state index is -1.45. The van der Waals surface area contributed by atoms with Crippen LogP contribution < -0.4 is 15.8 Å². The third kappa shape index (κ3) is 1.92. The van der Waals surface area contributed by atoms with Gasteiger partial charge in [0, 0.05) is 21.8 Å². The molecule has 1 atom stereocenters. The van der Waals surface area contributed by atoms with Crippen LogP contribution in [0.25, 0.3) is 11.3 Å². The van der Waals surface area contributed by atoms with Crippen LogP contribution in [-0.2, 0) is 10.2 Å². The summed E-state index contributed by atoms with van der Waals surface area (Å²) in [6, 6.07) is 16.4. The van der Waals surface area contributed by atoms with Crippen molar-refractivity contribution in [3.05, 3.63) is 76.1 Å². The summed E-state index contributed by atoms with van der Waals surface area (Å²) in [6.07, 6.45) is 0. The van der Waals surface area contributed by atoms with E-state index in [0.29, 0.717) is 27.5 Å². The van der Waals surface area contributed by atoms with Gasteiger partial charge in [0.15, 0.2) is 0 Å². The van der Waals surface area contributed by atoms with E-state index in [1.807, 2.05) is 12.1 Å². The summed E-state index contributed by atoms with van der Waals surface area (Å²) in [5.74, 6) is -0.362. The van der Waals surface area contributed by atoms with E-state index in [4.69, 9.17) is 22.1 Å². The minimum absolute atomic E-state index is 0.0269. The minimum Gasteiger partial charge on any atom is -0.420 e. The number of H-pyrrole nitrogens is 1. The summed E-state index contributed by atoms with van der Waals surface area (Å²) < 4.78 is 5.60. The molecule has 0 aliphatic carbocycles. The molecule has 1 aromatic heterocycles. The van der Waals surface area contributed by atoms with E-state index in [9.17, 15) is 10.1 Å². The van der Waals surface area contributed by atoms with E-state index < -0.39 is 5.41 Å². The summed E-state index contributed by atoms with van der Waals surface area (Å²) in [5, 5.41) is 20.5. The predicted octanol–water partition coefficient (Wildman–Crippen LogP) is 3.05. The maximum absolute atomic E-state index is 13.4. The number of rotatable bonds is 1. The molecular weight excluding hydrogens is 378 g/mol. The summed E-state index contributed by atoms with van der Waals surface area (Å²) >= 11 is 6.01. The zero-order valence-electron chi connectivity index (χ0n) is 14.3. The maximum atomic E-state index is 13.4. The van der Waals surface area contributed by atoms with Crippen LogP contribution in [0, 0.1) is 11.3 Å². The van der Waals surface area contributed by atoms with Gasteiger partial charge >= 0.3 is 0 Å². The zero-order valence-corrected chi connectivity index (χ0v) is 15.0. The Hall–Kier alpha value is -3.76. The molecule has 7 nitrogen and oxygen atoms in total. The number of nitriles is 1. The van der Waals surface area contributed by atoms with Crippen molar-refractivity contribution in [3.8, 4) is 23.2 Å². The van der Waals surface area contributed by atoms with Gasteiger partial charge in [0.1, 0.15) is 17.1 Å². The van der Waals surface area contributed by atoms with Crippen molar-refractivity contribution in [1.82, 2.24) is 10.2 Å². The van der Waals surface area contributed by atoms with Crippen LogP contribution in [0.4, 0.5) is 5.69 Å². The number of fused-ring (bicyclic) bond motifs is 4. The lowest BCUT2D eigenvalue weighted by molar-refractivity contribution is -0.118. The van der Waals surface area contributed by atoms with Gasteiger partial charge in [-0.15, -0.1) is 5.10 Å². The first-order valence-electron chi connectivity index (χ1n) is 8.41. The first kappa shape index (κ1) is 16.4. The molecule has 3 heterocycles. The van der Waals surface area contributed by atoms with E-state index in [-0.39, 0.29) is 23.2 Å². The molecule has 28 heavy (non-hydrogen) atoms. The number of nitrogens with one attached hydrogen (secondary N) is 2. The number of halogens is 1. The molecule has 4 N–H and O–H groups in total. The fraction of sp³-hybridized carbons (Fsp3) is 0.0500. The van der Waals surface area contributed by atoms with Crippen LogP contribution in [-0.4, -0.2) is 16.1 Å². The average Bonchev–Trinajstić information content (AvgIpc) is 3.23. The second-order valence-corrected chi connectivity index (χ2v) is 6.92. The number of hydrogen-bond acceptors (Lipinski definition) is 5. The van der Waals surface area contributed by atoms with Crippen LogP contribution in [0.2, 0.25) is 5.02 Å². The second kappa shape index (κ2) is 5.62. The standard InChI is InChI=1S/C20H12ClN5O2/c21-11-7-5-10(6-8-11)16-15-18(26-25-16)28-17(23)13(9-22)20(15)12-3-1-2-4-14(12)24-19(20)27/h1-8H,23H2,(H,24,27)(H,25,26). The van der Waals surface area contributed by atoms with Crippen LogP contribution in [0.5, 0.6) is 5.88 Å². The lowest BCUT2D eigenvalue weighted by Gasteiger charge is -2.31. The van der Waals surface area contributed by atoms with Crippen molar-refractivity contribution in [3.63, 3.8) is 0 Å². The number of nitrogens with zero attached hydrogens (tertiary/aromatic N) is 2. The van der Waals surface area contributed by atoms with Crippen LogP contribution in [0.1, 0.15) is 11.1 Å². The normalized spacial score (nSPS) is 19.6. The molecule has 136 valence electrons. The molecule has 3 aromatic rings. The number of carbonyl (C=O) groups excluding carboxylic acids is 1. The number of anilines is 1. The fourth-order valence-electron chi connectivity index (χ4n) is 3.93. The summed E-state index contributed by atoms with van der Waals surface area (Å²) in [7, 11) is 0. The molecule has 2 aliphatic rings. The van der Waals surface area contributed by atoms with Crippen LogP contribution in [0.3, 0.4) is 0 Å². The van der Waals surface area contributed by atoms with Gasteiger partial charge in [0.05, 0.1) is 11.3 Å². The highest BCUT2D eigenvalue weighted by molar-refractivity contribution is 6.30. The van der Waals surface area contributed by atoms with Crippen LogP contribution in [0.15, 0.2) is 60.0 Å². The predicted molar refractivity (Wildman–Crippen MR) is 102 cm³/mol. The van der Waals surface area contributed by atoms with Gasteiger partial charge in [-0.3, -0.25) is 9.89 Å². The number of carbonyl (C=O) groups is 1. The lowest BCUT2D eigenvalue weighted by Crippen LogP contribution is -2.42. The molecule has 1 unspecified atom stereocenters. The third-order valence-corrected chi connectivity index (χ3v) is 5.35. The Labute approximate surface area is 164 Å². The monoisotopic (exact) mass is 389 g/mol. The molecule has 2 aromatic carbocycles. The first-order chi connectivity index (χ1) is 13.6. The van der Waals surface area contributed by atoms with Gasteiger partial charge < -0.3 is 15.8 Å². The molecule has 0 saturated carbocycles. The zero-order chi connectivity index (χ0) is 19.5. The number of aromatic amines is 1. The lowest BCUT2D eigenvalue weighted by atomic mass is 9.68. The van der Waals surface area contributed by atoms with Crippen molar-refractivity contribution in [2.45, 2.75) is 5.41 Å². The van der Waals surface area contributed by atoms with Gasteiger partial charge in [0.2, 0.25) is 17.7 Å². The largest absolute Gasteiger partial charge is 0.420 e. The number of nitrogens with two attached hydrogens (primary N) is 1. The number of benzene rings is 2. The Bertz CT molecular complexity index is 1220. The molecule has 0 saturated heterocycles. The molecule has 2 aliphatic heterocycles. The maximum Gasteiger partial charge on any atom is 0.245 e. The number of ether oxygens (including phenoxy) is 1. The van der Waals surface area contributed by atoms with Gasteiger partial charge in [-0.05, 0) is 18.2 Å². The molecule has 0 bridgehead atoms. The smallest absolute Gasteiger partial charge is 0.245 e. The van der Waals surface area contributed by atoms with Crippen molar-refractivity contribution in [2.24, 2.45) is 5.73 Å². The van der Waals surface area contributed by atoms with Gasteiger partial charge in [-0.1, -0.05) is 41.9 Å². The van der Waals surface area contributed by atoms with Gasteiger partial charge in [0.25, 0.3) is 0 Å². The highest BCUT2D eigenvalue weighted by atomic mass is 35.5. The summed E-state index contributed by atoms with van der Waals surface area (Å²) in [5.41, 5.74) is 7.59. The summed E-state index contributed by atoms with van der Waals surface area (Å²) in [6.45, 7) is 0. The highest BCUT2D eigenvalue weighted by Crippen LogP contribution is 2.55. The van der Waals surface area contributed by atoms with Crippen LogP contribution >= 0.6 is 11.6 Å². The Morgan fingerprint density at radius 2 is 1.93 bits per heavy atom. The van der Waals surface area contributed by atoms with E-state index in [1.165, 1.54) is 0 Å². The Balaban J connectivity index is 1.89. The first-order valence-corrected chi connectivity index (χ1v) is 8.79. The molecule has 8 heteroatoms. The summed E-state index contributed by atoms with van der Waals surface area (Å²) in [4.78, 5) is 13.4. The highest BCUT2D eigenvalue weighted by Gasteiger charge is 2.58. The molecule has 1 spiro atoms. The SMILES string of the molecule is N#CC1=C(N)Oc2n[nH]c(-c3ccc(Cl)cc3)c2C12C(=O)Nc1ccccc12. The van der Waals surface area contributed by atoms with Gasteiger partial charge in [-0.25, -0.2) is 0 Å². The van der Waals surface area contributed by atoms with E-state index >= 15 is 0 Å². The Morgan fingerprint density at radius 3 is 2.68 bits per heavy atom. The number of aromatic nitrogens is 2. The van der Waals surface area contributed by atoms with E-state index in [0.717, 1.165) is 5.56 Å². The van der Waals surface area contributed by atoms with Crippen molar-refractivity contribution in [2.75, 3.05) is 5.32 Å². The van der Waals surface area contributed by atoms with E-state index in [2.05, 4.69) is 21.6 Å². The number of para-hydroxylation sites is 1. The second-order valence-electron chi connectivity index (χ2n) is 6.49. The molecule has 0 radical (unpaired) electrons. The molecule has 1 amide bonds. The van der Waals surface area contributed by atoms with Crippen molar-refractivity contribution >= 4 is 23.2 Å². The third-order valence-electron chi connectivity index (χ3n) is 5.10. The van der Waals surface area contributed by atoms with E-state index in [1.54, 1.807) is 36.4 Å². The Kier molecular flexibility index (Phi) is 3.29. The number of hydrogen-bond donors (Lipinski definition) is 3. The fourth-order valence-corrected chi connectivity index (χ4v) is 4.06. The average molecular weight is 390 g/mol. The van der Waals surface area contributed by atoms with Crippen molar-refractivity contribution < 1.29 is 9.53 Å². The molecule has 0 fully saturated rings. The van der Waals surface area contributed by atoms with Gasteiger partial charge in [-0.2, -0.15) is 5.26 Å². The quantitative estimate of drug-likeness (QED) is 0.591. The topological polar surface area (TPSA) is 117 Å². The van der Waals surface area contributed by atoms with Crippen molar-refractivity contribution in [1.29, 1.82) is 5.26 Å². The molecule has 5 rings (SSSR count). The molecular formula is C20H12ClN5O2. The Morgan fingerprint density at radius 1 is 1.18 bits per heavy atom.